The lowest BCUT2D eigenvalue weighted by Crippen LogP contribution is -2.17. The summed E-state index contributed by atoms with van der Waals surface area (Å²) in [6.07, 6.45) is 0. The maximum atomic E-state index is 12.9. The van der Waals surface area contributed by atoms with Gasteiger partial charge in [0, 0.05) is 21.2 Å². The Morgan fingerprint density at radius 3 is 1.31 bits per heavy atom. The fourth-order valence-corrected chi connectivity index (χ4v) is 3.52. The van der Waals surface area contributed by atoms with Crippen LogP contribution in [-0.4, -0.2) is 11.9 Å². The molecule has 0 saturated carbocycles. The van der Waals surface area contributed by atoms with Gasteiger partial charge in [-0.1, -0.05) is 59.6 Å². The summed E-state index contributed by atoms with van der Waals surface area (Å²) in [6.45, 7) is 0.235. The molecule has 0 bridgehead atoms. The molecule has 0 aliphatic carbocycles. The highest BCUT2D eigenvalue weighted by Gasteiger charge is 2.20. The zero-order chi connectivity index (χ0) is 24.6. The van der Waals surface area contributed by atoms with Gasteiger partial charge in [0.1, 0.15) is 24.7 Å². The van der Waals surface area contributed by atoms with Crippen LogP contribution in [0, 0.1) is 0 Å². The molecule has 4 aromatic rings. The van der Waals surface area contributed by atoms with Crippen molar-refractivity contribution in [2.75, 3.05) is 0 Å². The summed E-state index contributed by atoms with van der Waals surface area (Å²) in [5, 5.41) is 1.19. The molecule has 5 nitrogen and oxygen atoms in total. The van der Waals surface area contributed by atoms with Gasteiger partial charge in [-0.2, -0.15) is 0 Å². The summed E-state index contributed by atoms with van der Waals surface area (Å²) in [5.74, 6) is -0.330. The number of rotatable bonds is 8. The molecule has 4 rings (SSSR count). The first-order chi connectivity index (χ1) is 17.0. The molecule has 0 unspecified atom stereocenters. The molecule has 0 radical (unpaired) electrons. The second-order valence-electron chi connectivity index (χ2n) is 7.48. The fourth-order valence-electron chi connectivity index (χ4n) is 3.27. The molecule has 0 saturated heterocycles. The first-order valence-electron chi connectivity index (χ1n) is 10.7. The largest absolute Gasteiger partial charge is 0.489 e. The first kappa shape index (κ1) is 24.3. The molecule has 0 aliphatic heterocycles. The minimum absolute atomic E-state index is 0.118. The average molecular weight is 507 g/mol. The van der Waals surface area contributed by atoms with Crippen LogP contribution in [0.15, 0.2) is 97.1 Å². The summed E-state index contributed by atoms with van der Waals surface area (Å²) in [5.41, 5.74) is 1.65. The van der Waals surface area contributed by atoms with Crippen molar-refractivity contribution in [3.8, 4) is 11.5 Å². The van der Waals surface area contributed by atoms with Crippen molar-refractivity contribution in [3.05, 3.63) is 129 Å². The standard InChI is InChI=1S/C28H20Cl2O5/c29-21-9-13-23(14-10-21)33-17-19-5-1-3-7-25(19)27(31)35-28(32)26-8-4-2-6-20(26)18-34-24-15-11-22(30)12-16-24/h1-16H,17-18H2. The number of hydrogen-bond donors (Lipinski definition) is 0. The number of hydrogen-bond acceptors (Lipinski definition) is 5. The highest BCUT2D eigenvalue weighted by atomic mass is 35.5. The summed E-state index contributed by atoms with van der Waals surface area (Å²) >= 11 is 11.8. The van der Waals surface area contributed by atoms with Crippen LogP contribution in [0.3, 0.4) is 0 Å². The highest BCUT2D eigenvalue weighted by Crippen LogP contribution is 2.21. The van der Waals surface area contributed by atoms with E-state index in [0.29, 0.717) is 32.7 Å². The lowest BCUT2D eigenvalue weighted by Gasteiger charge is -2.12. The van der Waals surface area contributed by atoms with Gasteiger partial charge >= 0.3 is 11.9 Å². The normalized spacial score (nSPS) is 10.5. The van der Waals surface area contributed by atoms with Crippen LogP contribution in [0.4, 0.5) is 0 Å². The van der Waals surface area contributed by atoms with Gasteiger partial charge in [-0.05, 0) is 60.7 Å². The average Bonchev–Trinajstić information content (AvgIpc) is 2.88. The van der Waals surface area contributed by atoms with Gasteiger partial charge in [0.15, 0.2) is 0 Å². The van der Waals surface area contributed by atoms with Gasteiger partial charge in [-0.15, -0.1) is 0 Å². The molecule has 0 heterocycles. The molecule has 0 fully saturated rings. The summed E-state index contributed by atoms with van der Waals surface area (Å²) < 4.78 is 16.7. The summed E-state index contributed by atoms with van der Waals surface area (Å²) in [4.78, 5) is 25.7. The van der Waals surface area contributed by atoms with E-state index in [1.54, 1.807) is 97.1 Å². The molecule has 35 heavy (non-hydrogen) atoms. The zero-order valence-electron chi connectivity index (χ0n) is 18.4. The molecule has 0 aromatic heterocycles. The Bertz CT molecular complexity index is 1220. The maximum Gasteiger partial charge on any atom is 0.346 e. The van der Waals surface area contributed by atoms with Gasteiger partial charge in [-0.25, -0.2) is 9.59 Å². The van der Waals surface area contributed by atoms with Crippen LogP contribution < -0.4 is 9.47 Å². The molecule has 0 atom stereocenters. The molecule has 0 N–H and O–H groups in total. The van der Waals surface area contributed by atoms with Gasteiger partial charge in [0.05, 0.1) is 11.1 Å². The number of benzene rings is 4. The van der Waals surface area contributed by atoms with E-state index in [-0.39, 0.29) is 24.3 Å². The third-order valence-electron chi connectivity index (χ3n) is 5.08. The molecule has 4 aromatic carbocycles. The van der Waals surface area contributed by atoms with Crippen LogP contribution in [0.1, 0.15) is 31.8 Å². The smallest absolute Gasteiger partial charge is 0.346 e. The Balaban J connectivity index is 1.43. The van der Waals surface area contributed by atoms with Crippen molar-refractivity contribution >= 4 is 35.1 Å². The second-order valence-corrected chi connectivity index (χ2v) is 8.35. The molecule has 7 heteroatoms. The lowest BCUT2D eigenvalue weighted by atomic mass is 10.1. The number of carbonyl (C=O) groups excluding carboxylic acids is 2. The number of esters is 2. The van der Waals surface area contributed by atoms with Gasteiger partial charge < -0.3 is 14.2 Å². The fraction of sp³-hybridized carbons (Fsp3) is 0.0714. The van der Waals surface area contributed by atoms with E-state index in [4.69, 9.17) is 37.4 Å². The van der Waals surface area contributed by atoms with E-state index in [1.807, 2.05) is 0 Å². The van der Waals surface area contributed by atoms with Crippen LogP contribution in [0.25, 0.3) is 0 Å². The maximum absolute atomic E-state index is 12.9. The van der Waals surface area contributed by atoms with Gasteiger partial charge in [-0.3, -0.25) is 0 Å². The van der Waals surface area contributed by atoms with E-state index in [2.05, 4.69) is 0 Å². The third kappa shape index (κ3) is 6.63. The van der Waals surface area contributed by atoms with Crippen LogP contribution in [0.5, 0.6) is 11.5 Å². The van der Waals surface area contributed by atoms with Crippen molar-refractivity contribution in [2.45, 2.75) is 13.2 Å². The highest BCUT2D eigenvalue weighted by molar-refractivity contribution is 6.30. The predicted octanol–water partition coefficient (Wildman–Crippen LogP) is 7.15. The van der Waals surface area contributed by atoms with Gasteiger partial charge in [0.25, 0.3) is 0 Å². The quantitative estimate of drug-likeness (QED) is 0.187. The van der Waals surface area contributed by atoms with Crippen molar-refractivity contribution in [1.29, 1.82) is 0 Å². The minimum Gasteiger partial charge on any atom is -0.489 e. The summed E-state index contributed by atoms with van der Waals surface area (Å²) in [6, 6.07) is 27.4. The SMILES string of the molecule is O=C(OC(=O)c1ccccc1COc1ccc(Cl)cc1)c1ccccc1COc1ccc(Cl)cc1. The van der Waals surface area contributed by atoms with Gasteiger partial charge in [0.2, 0.25) is 0 Å². The Morgan fingerprint density at radius 1 is 0.543 bits per heavy atom. The molecular formula is C28H20Cl2O5. The van der Waals surface area contributed by atoms with E-state index in [1.165, 1.54) is 0 Å². The summed E-state index contributed by atoms with van der Waals surface area (Å²) in [7, 11) is 0. The molecule has 0 amide bonds. The third-order valence-corrected chi connectivity index (χ3v) is 5.58. The van der Waals surface area contributed by atoms with E-state index in [0.717, 1.165) is 0 Å². The predicted molar refractivity (Wildman–Crippen MR) is 134 cm³/mol. The number of ether oxygens (including phenoxy) is 3. The van der Waals surface area contributed by atoms with E-state index < -0.39 is 11.9 Å². The Kier molecular flexibility index (Phi) is 8.03. The molecule has 176 valence electrons. The second kappa shape index (κ2) is 11.6. The number of halogens is 2. The van der Waals surface area contributed by atoms with Crippen molar-refractivity contribution < 1.29 is 23.8 Å². The number of carbonyl (C=O) groups is 2. The zero-order valence-corrected chi connectivity index (χ0v) is 20.0. The van der Waals surface area contributed by atoms with E-state index in [9.17, 15) is 9.59 Å². The molecule has 0 aliphatic rings. The minimum atomic E-state index is -0.765. The van der Waals surface area contributed by atoms with Crippen molar-refractivity contribution in [3.63, 3.8) is 0 Å². The van der Waals surface area contributed by atoms with Crippen molar-refractivity contribution in [1.82, 2.24) is 0 Å². The monoisotopic (exact) mass is 506 g/mol. The van der Waals surface area contributed by atoms with Crippen LogP contribution >= 0.6 is 23.2 Å². The Hall–Kier alpha value is -3.80. The van der Waals surface area contributed by atoms with Crippen LogP contribution in [-0.2, 0) is 18.0 Å². The molecule has 0 spiro atoms. The topological polar surface area (TPSA) is 61.8 Å². The Labute approximate surface area is 212 Å². The Morgan fingerprint density at radius 2 is 0.914 bits per heavy atom. The molecular weight excluding hydrogens is 487 g/mol. The van der Waals surface area contributed by atoms with E-state index >= 15 is 0 Å². The van der Waals surface area contributed by atoms with Crippen LogP contribution in [0.2, 0.25) is 10.0 Å². The lowest BCUT2D eigenvalue weighted by molar-refractivity contribution is 0.0394. The van der Waals surface area contributed by atoms with Crippen molar-refractivity contribution in [2.24, 2.45) is 0 Å². The first-order valence-corrected chi connectivity index (χ1v) is 11.4.